The Labute approximate surface area is 197 Å². The minimum absolute atomic E-state index is 0.218. The number of methoxy groups -OCH3 is 2. The van der Waals surface area contributed by atoms with Crippen LogP contribution in [-0.4, -0.2) is 48.5 Å². The van der Waals surface area contributed by atoms with E-state index >= 15 is 0 Å². The molecule has 2 aliphatic heterocycles. The Hall–Kier alpha value is -3.26. The van der Waals surface area contributed by atoms with E-state index in [1.807, 2.05) is 31.2 Å². The van der Waals surface area contributed by atoms with Crippen molar-refractivity contribution in [2.45, 2.75) is 25.8 Å². The molecule has 0 aromatic heterocycles. The number of hydrogen-bond donors (Lipinski definition) is 1. The molecule has 1 fully saturated rings. The third-order valence-corrected chi connectivity index (χ3v) is 6.78. The summed E-state index contributed by atoms with van der Waals surface area (Å²) in [5.41, 5.74) is 3.49. The summed E-state index contributed by atoms with van der Waals surface area (Å²) in [5, 5.41) is 3.87. The predicted octanol–water partition coefficient (Wildman–Crippen LogP) is 4.63. The van der Waals surface area contributed by atoms with Gasteiger partial charge in [0.25, 0.3) is 5.91 Å². The van der Waals surface area contributed by atoms with E-state index in [-0.39, 0.29) is 17.9 Å². The number of nitrogens with zero attached hydrogens (tertiary/aromatic N) is 2. The molecule has 0 spiro atoms. The first kappa shape index (κ1) is 22.9. The Bertz CT molecular complexity index is 1110. The van der Waals surface area contributed by atoms with Crippen LogP contribution in [0.1, 0.15) is 41.7 Å². The minimum atomic E-state index is -0.356. The highest BCUT2D eigenvalue weighted by Crippen LogP contribution is 2.40. The van der Waals surface area contributed by atoms with Crippen molar-refractivity contribution in [3.05, 3.63) is 70.9 Å². The van der Waals surface area contributed by atoms with Gasteiger partial charge in [-0.2, -0.15) is 0 Å². The summed E-state index contributed by atoms with van der Waals surface area (Å²) in [6, 6.07) is 14.4. The molecule has 1 amide bonds. The summed E-state index contributed by atoms with van der Waals surface area (Å²) < 4.78 is 10.3. The van der Waals surface area contributed by atoms with Crippen molar-refractivity contribution in [1.29, 1.82) is 0 Å². The lowest BCUT2D eigenvalue weighted by Crippen LogP contribution is -2.42. The van der Waals surface area contributed by atoms with Crippen molar-refractivity contribution in [1.82, 2.24) is 4.90 Å². The number of benzene rings is 2. The van der Waals surface area contributed by atoms with Crippen molar-refractivity contribution >= 4 is 34.5 Å². The van der Waals surface area contributed by atoms with E-state index in [4.69, 9.17) is 14.5 Å². The highest BCUT2D eigenvalue weighted by atomic mass is 32.2. The Kier molecular flexibility index (Phi) is 7.03. The summed E-state index contributed by atoms with van der Waals surface area (Å²) in [6.07, 6.45) is 1.66. The smallest absolute Gasteiger partial charge is 0.338 e. The number of carbonyl (C=O) groups excluding carboxylic acids is 2. The second-order valence-electron chi connectivity index (χ2n) is 7.71. The second-order valence-corrected chi connectivity index (χ2v) is 8.77. The maximum Gasteiger partial charge on any atom is 0.338 e. The van der Waals surface area contributed by atoms with Crippen LogP contribution in [0, 0.1) is 0 Å². The van der Waals surface area contributed by atoms with E-state index in [0.717, 1.165) is 35.1 Å². The average Bonchev–Trinajstić information content (AvgIpc) is 2.87. The molecule has 2 aromatic carbocycles. The highest BCUT2D eigenvalue weighted by Gasteiger charge is 2.38. The number of rotatable bonds is 6. The normalized spacial score (nSPS) is 17.7. The van der Waals surface area contributed by atoms with Crippen LogP contribution in [0.2, 0.25) is 0 Å². The number of anilines is 1. The topological polar surface area (TPSA) is 80.2 Å². The fourth-order valence-electron chi connectivity index (χ4n) is 4.07. The maximum absolute atomic E-state index is 12.8. The zero-order valence-corrected chi connectivity index (χ0v) is 19.8. The number of ether oxygens (including phenoxy) is 2. The van der Waals surface area contributed by atoms with E-state index in [2.05, 4.69) is 10.2 Å². The number of fused-ring (bicyclic) bond motifs is 1. The molecule has 1 N–H and O–H groups in total. The Balaban J connectivity index is 1.62. The fourth-order valence-corrected chi connectivity index (χ4v) is 5.07. The molecule has 2 aromatic rings. The highest BCUT2D eigenvalue weighted by molar-refractivity contribution is 8.13. The van der Waals surface area contributed by atoms with Crippen LogP contribution < -0.4 is 10.1 Å². The molecule has 172 valence electrons. The van der Waals surface area contributed by atoms with Crippen LogP contribution in [0.3, 0.4) is 0 Å². The lowest BCUT2D eigenvalue weighted by atomic mass is 9.93. The van der Waals surface area contributed by atoms with Gasteiger partial charge in [-0.1, -0.05) is 36.9 Å². The summed E-state index contributed by atoms with van der Waals surface area (Å²) in [5.74, 6) is 1.07. The van der Waals surface area contributed by atoms with Gasteiger partial charge in [0.15, 0.2) is 5.17 Å². The zero-order valence-electron chi connectivity index (χ0n) is 19.0. The molecule has 0 saturated carbocycles. The summed E-state index contributed by atoms with van der Waals surface area (Å²) >= 11 is 1.72. The van der Waals surface area contributed by atoms with Gasteiger partial charge in [0.05, 0.1) is 31.5 Å². The number of amidine groups is 1. The number of esters is 1. The fraction of sp³-hybridized carbons (Fsp3) is 0.320. The Morgan fingerprint density at radius 3 is 2.67 bits per heavy atom. The van der Waals surface area contributed by atoms with Crippen LogP contribution >= 0.6 is 11.8 Å². The van der Waals surface area contributed by atoms with E-state index in [1.54, 1.807) is 43.1 Å². The first-order valence-electron chi connectivity index (χ1n) is 10.9. The molecule has 0 unspecified atom stereocenters. The van der Waals surface area contributed by atoms with Crippen LogP contribution in [-0.2, 0) is 9.53 Å². The van der Waals surface area contributed by atoms with Gasteiger partial charge in [-0.25, -0.2) is 9.79 Å². The Morgan fingerprint density at radius 2 is 1.97 bits per heavy atom. The van der Waals surface area contributed by atoms with Crippen molar-refractivity contribution in [3.8, 4) is 5.75 Å². The van der Waals surface area contributed by atoms with Gasteiger partial charge in [-0.3, -0.25) is 4.79 Å². The third-order valence-electron chi connectivity index (χ3n) is 5.70. The standard InChI is InChI=1S/C25H27N3O4S/c1-4-20-21(24(30)32-3)22(28-13-6-14-33-25(28)27-20)16-9-11-18(12-10-16)26-23(29)17-7-5-8-19(15-17)31-2/h5,7-12,15,22H,4,6,13-14H2,1-3H3,(H,26,29)/t22-/m1/s1. The van der Waals surface area contributed by atoms with Gasteiger partial charge in [0, 0.05) is 23.5 Å². The van der Waals surface area contributed by atoms with E-state index in [0.29, 0.717) is 29.0 Å². The van der Waals surface area contributed by atoms with Gasteiger partial charge in [0.1, 0.15) is 5.75 Å². The molecule has 2 aliphatic rings. The van der Waals surface area contributed by atoms with Crippen molar-refractivity contribution in [3.63, 3.8) is 0 Å². The van der Waals surface area contributed by atoms with Gasteiger partial charge in [-0.05, 0) is 48.7 Å². The first-order valence-corrected chi connectivity index (χ1v) is 11.9. The van der Waals surface area contributed by atoms with E-state index < -0.39 is 0 Å². The molecule has 2 heterocycles. The first-order chi connectivity index (χ1) is 16.0. The molecule has 1 atom stereocenters. The van der Waals surface area contributed by atoms with Crippen molar-refractivity contribution in [2.75, 3.05) is 31.8 Å². The molecule has 0 radical (unpaired) electrons. The van der Waals surface area contributed by atoms with Crippen LogP contribution in [0.15, 0.2) is 64.8 Å². The van der Waals surface area contributed by atoms with Crippen molar-refractivity contribution < 1.29 is 19.1 Å². The SMILES string of the molecule is CCC1=C(C(=O)OC)[C@@H](c2ccc(NC(=O)c3cccc(OC)c3)cc2)N2CCCSC2=N1. The maximum atomic E-state index is 12.8. The quantitative estimate of drug-likeness (QED) is 0.627. The molecule has 7 nitrogen and oxygen atoms in total. The zero-order chi connectivity index (χ0) is 23.4. The average molecular weight is 466 g/mol. The van der Waals surface area contributed by atoms with Gasteiger partial charge < -0.3 is 19.7 Å². The number of hydrogen-bond acceptors (Lipinski definition) is 7. The Morgan fingerprint density at radius 1 is 1.18 bits per heavy atom. The summed E-state index contributed by atoms with van der Waals surface area (Å²) in [4.78, 5) is 32.4. The second kappa shape index (κ2) is 10.1. The number of nitrogens with one attached hydrogen (secondary N) is 1. The molecule has 4 rings (SSSR count). The largest absolute Gasteiger partial charge is 0.497 e. The van der Waals surface area contributed by atoms with Crippen LogP contribution in [0.5, 0.6) is 5.75 Å². The minimum Gasteiger partial charge on any atom is -0.497 e. The molecule has 8 heteroatoms. The number of aliphatic imine (C=N–C) groups is 1. The van der Waals surface area contributed by atoms with E-state index in [9.17, 15) is 9.59 Å². The summed E-state index contributed by atoms with van der Waals surface area (Å²) in [6.45, 7) is 2.82. The summed E-state index contributed by atoms with van der Waals surface area (Å²) in [7, 11) is 2.97. The third kappa shape index (κ3) is 4.75. The van der Waals surface area contributed by atoms with E-state index in [1.165, 1.54) is 7.11 Å². The molecule has 1 saturated heterocycles. The monoisotopic (exact) mass is 465 g/mol. The van der Waals surface area contributed by atoms with Gasteiger partial charge >= 0.3 is 5.97 Å². The molecule has 0 aliphatic carbocycles. The predicted molar refractivity (Wildman–Crippen MR) is 131 cm³/mol. The lowest BCUT2D eigenvalue weighted by Gasteiger charge is -2.40. The lowest BCUT2D eigenvalue weighted by molar-refractivity contribution is -0.136. The number of allylic oxidation sites excluding steroid dienone is 1. The molecular weight excluding hydrogens is 438 g/mol. The van der Waals surface area contributed by atoms with Crippen LogP contribution in [0.25, 0.3) is 0 Å². The molecule has 0 bridgehead atoms. The molecule has 33 heavy (non-hydrogen) atoms. The number of thioether (sulfide) groups is 1. The van der Waals surface area contributed by atoms with Crippen molar-refractivity contribution in [2.24, 2.45) is 4.99 Å². The van der Waals surface area contributed by atoms with Crippen LogP contribution in [0.4, 0.5) is 5.69 Å². The molecular formula is C25H27N3O4S. The number of carbonyl (C=O) groups is 2. The number of amides is 1. The van der Waals surface area contributed by atoms with Gasteiger partial charge in [-0.15, -0.1) is 0 Å². The van der Waals surface area contributed by atoms with Gasteiger partial charge in [0.2, 0.25) is 0 Å².